The first-order valence-electron chi connectivity index (χ1n) is 18.0. The lowest BCUT2D eigenvalue weighted by Crippen LogP contribution is -2.81. The van der Waals surface area contributed by atoms with Crippen LogP contribution in [0.1, 0.15) is 5.56 Å². The smallest absolute Gasteiger partial charge is 0.200 e. The number of halogens is 21. The van der Waals surface area contributed by atoms with Crippen molar-refractivity contribution in [3.05, 3.63) is 211 Å². The molecule has 0 aliphatic heterocycles. The zero-order valence-corrected chi connectivity index (χ0v) is 34.5. The third-order valence-corrected chi connectivity index (χ3v) is 13.6. The van der Waals surface area contributed by atoms with Crippen LogP contribution in [-0.4, -0.2) is 6.15 Å². The van der Waals surface area contributed by atoms with Gasteiger partial charge in [0.2, 0.25) is 0 Å². The van der Waals surface area contributed by atoms with Crippen LogP contribution in [0.4, 0.5) is 87.8 Å². The molecule has 0 spiro atoms. The Balaban J connectivity index is 0.000000279. The molecule has 0 saturated heterocycles. The van der Waals surface area contributed by atoms with E-state index in [-0.39, 0.29) is 0 Å². The van der Waals surface area contributed by atoms with Gasteiger partial charge in [-0.25, -0.2) is 87.8 Å². The molecule has 0 amide bonds. The Bertz CT molecular complexity index is 2710. The van der Waals surface area contributed by atoms with E-state index in [1.54, 1.807) is 0 Å². The van der Waals surface area contributed by atoms with Crippen molar-refractivity contribution >= 4 is 53.9 Å². The van der Waals surface area contributed by atoms with Crippen LogP contribution >= 0.6 is 15.9 Å². The van der Waals surface area contributed by atoms with Crippen molar-refractivity contribution in [3.8, 4) is 0 Å². The Kier molecular flexibility index (Phi) is 14.1. The summed E-state index contributed by atoms with van der Waals surface area (Å²) in [5.41, 5.74) is -13.3. The lowest BCUT2D eigenvalue weighted by molar-refractivity contribution is 0.378. The van der Waals surface area contributed by atoms with Crippen molar-refractivity contribution < 1.29 is 92.0 Å². The van der Waals surface area contributed by atoms with Crippen LogP contribution in [0.15, 0.2) is 99.2 Å². The lowest BCUT2D eigenvalue weighted by Gasteiger charge is -2.44. The van der Waals surface area contributed by atoms with Gasteiger partial charge in [0.05, 0.1) is 0 Å². The van der Waals surface area contributed by atoms with Gasteiger partial charge in [-0.15, -0.1) is 21.9 Å². The standard InChI is InChI=1S/C24BF20.C19H16BrOS/c26-5-1(6(27)14(35)21(42)13(5)34)25(2-7(28)15(36)22(43)16(37)8(2)29,3-9(30)17(38)23(44)18(39)10(3)31)4-11(32)19(40)24(45)20(41)12(4)33;20-17-13-11-16(12-14-17)15-22(21,18-7-3-1-4-8-18)19-9-5-2-6-10-19/h;1-14H,15H2/q-1;+1. The van der Waals surface area contributed by atoms with Gasteiger partial charge in [-0.1, -0.05) is 68.7 Å². The molecule has 0 aliphatic carbocycles. The molecule has 0 unspecified atom stereocenters. The van der Waals surface area contributed by atoms with E-state index in [9.17, 15) is 56.9 Å². The van der Waals surface area contributed by atoms with Crippen LogP contribution in [0.25, 0.3) is 0 Å². The van der Waals surface area contributed by atoms with Crippen molar-refractivity contribution in [1.29, 1.82) is 0 Å². The van der Waals surface area contributed by atoms with E-state index in [0.717, 1.165) is 19.8 Å². The molecular formula is C43H16BBrF20OS. The number of hydrogen-bond acceptors (Lipinski definition) is 1. The summed E-state index contributed by atoms with van der Waals surface area (Å²) in [6.07, 6.45) is -7.22. The normalized spacial score (nSPS) is 11.8. The molecule has 0 saturated carbocycles. The van der Waals surface area contributed by atoms with Crippen LogP contribution in [0.2, 0.25) is 0 Å². The highest BCUT2D eigenvalue weighted by Crippen LogP contribution is 2.34. The van der Waals surface area contributed by atoms with Crippen molar-refractivity contribution in [1.82, 2.24) is 0 Å². The predicted molar refractivity (Wildman–Crippen MR) is 205 cm³/mol. The Labute approximate surface area is 371 Å². The van der Waals surface area contributed by atoms with Crippen LogP contribution in [-0.2, 0) is 19.9 Å². The minimum atomic E-state index is -7.22. The molecule has 0 heterocycles. The summed E-state index contributed by atoms with van der Waals surface area (Å²) >= 11 is 3.44. The summed E-state index contributed by atoms with van der Waals surface area (Å²) in [7, 11) is -2.33. The maximum atomic E-state index is 15.4. The van der Waals surface area contributed by atoms with Gasteiger partial charge in [-0.2, -0.15) is 0 Å². The zero-order chi connectivity index (χ0) is 49.8. The van der Waals surface area contributed by atoms with Gasteiger partial charge in [0.15, 0.2) is 89.5 Å². The van der Waals surface area contributed by atoms with E-state index in [4.69, 9.17) is 0 Å². The quantitative estimate of drug-likeness (QED) is 0.0487. The molecule has 0 fully saturated rings. The predicted octanol–water partition coefficient (Wildman–Crippen LogP) is 11.4. The van der Waals surface area contributed by atoms with E-state index < -0.39 is 154 Å². The Morgan fingerprint density at radius 2 is 0.522 bits per heavy atom. The first-order chi connectivity index (χ1) is 31.4. The molecule has 67 heavy (non-hydrogen) atoms. The van der Waals surface area contributed by atoms with E-state index in [0.29, 0.717) is 5.75 Å². The van der Waals surface area contributed by atoms with Crippen LogP contribution < -0.4 is 21.9 Å². The molecular weight excluding hydrogens is 1040 g/mol. The van der Waals surface area contributed by atoms with E-state index in [2.05, 4.69) is 15.9 Å². The Morgan fingerprint density at radius 1 is 0.313 bits per heavy atom. The molecule has 7 rings (SSSR count). The first-order valence-corrected chi connectivity index (χ1v) is 20.5. The molecule has 7 aromatic carbocycles. The molecule has 7 aromatic rings. The summed E-state index contributed by atoms with van der Waals surface area (Å²) in [6.45, 7) is 0. The van der Waals surface area contributed by atoms with Gasteiger partial charge >= 0.3 is 0 Å². The van der Waals surface area contributed by atoms with E-state index >= 15 is 35.1 Å². The van der Waals surface area contributed by atoms with Crippen molar-refractivity contribution in [3.63, 3.8) is 0 Å². The lowest BCUT2D eigenvalue weighted by atomic mass is 9.12. The van der Waals surface area contributed by atoms with Gasteiger partial charge in [0, 0.05) is 10.0 Å². The fourth-order valence-electron chi connectivity index (χ4n) is 7.27. The maximum absolute atomic E-state index is 15.4. The molecule has 0 N–H and O–H groups in total. The van der Waals surface area contributed by atoms with Gasteiger partial charge < -0.3 is 0 Å². The fraction of sp³-hybridized carbons (Fsp3) is 0.0233. The summed E-state index contributed by atoms with van der Waals surface area (Å²) in [5.74, 6) is -70.9. The monoisotopic (exact) mass is 1050 g/mol. The summed E-state index contributed by atoms with van der Waals surface area (Å²) in [5, 5.41) is 0. The number of benzene rings is 7. The molecule has 0 aromatic heterocycles. The van der Waals surface area contributed by atoms with E-state index in [1.165, 1.54) is 0 Å². The average Bonchev–Trinajstić information content (AvgIpc) is 3.32. The van der Waals surface area contributed by atoms with Crippen molar-refractivity contribution in [2.45, 2.75) is 15.5 Å². The molecule has 0 bridgehead atoms. The third kappa shape index (κ3) is 8.14. The average molecular weight is 1050 g/mol. The third-order valence-electron chi connectivity index (χ3n) is 10.2. The minimum absolute atomic E-state index is 0.508. The van der Waals surface area contributed by atoms with Crippen LogP contribution in [0, 0.1) is 116 Å². The second-order valence-corrected chi connectivity index (χ2v) is 17.4. The fourth-order valence-corrected chi connectivity index (χ4v) is 10.00. The largest absolute Gasteiger partial charge is 0.207 e. The van der Waals surface area contributed by atoms with Crippen molar-refractivity contribution in [2.75, 3.05) is 0 Å². The maximum Gasteiger partial charge on any atom is 0.200 e. The van der Waals surface area contributed by atoms with Crippen LogP contribution in [0.5, 0.6) is 0 Å². The second kappa shape index (κ2) is 18.8. The summed E-state index contributed by atoms with van der Waals surface area (Å²) in [6, 6.07) is 27.5. The topological polar surface area (TPSA) is 17.1 Å². The Hall–Kier alpha value is -6.17. The summed E-state index contributed by atoms with van der Waals surface area (Å²) in [4.78, 5) is 1.76. The molecule has 1 nitrogen and oxygen atoms in total. The highest BCUT2D eigenvalue weighted by Gasteiger charge is 2.52. The van der Waals surface area contributed by atoms with Crippen molar-refractivity contribution in [2.24, 2.45) is 0 Å². The van der Waals surface area contributed by atoms with Gasteiger partial charge in [0.1, 0.15) is 58.4 Å². The van der Waals surface area contributed by atoms with Gasteiger partial charge in [0.25, 0.3) is 0 Å². The van der Waals surface area contributed by atoms with Crippen LogP contribution in [0.3, 0.4) is 0 Å². The molecule has 24 heteroatoms. The minimum Gasteiger partial charge on any atom is -0.207 e. The second-order valence-electron chi connectivity index (χ2n) is 13.9. The highest BCUT2D eigenvalue weighted by molar-refractivity contribution is 9.10. The Morgan fingerprint density at radius 3 is 0.746 bits per heavy atom. The number of hydrogen-bond donors (Lipinski definition) is 0. The molecule has 350 valence electrons. The number of rotatable bonds is 8. The molecule has 0 aliphatic rings. The molecule has 0 atom stereocenters. The van der Waals surface area contributed by atoms with E-state index in [1.807, 2.05) is 84.9 Å². The molecule has 0 radical (unpaired) electrons. The SMILES string of the molecule is Fc1c(F)c(F)c([B-](c2c(F)c(F)c(F)c(F)c2F)(c2c(F)c(F)c(F)c(F)c2F)c2c(F)c(F)c(F)c(F)c2F)c(F)c1F.O=[S+](Cc1ccc(Br)cc1)(c1ccccc1)c1ccccc1. The van der Waals surface area contributed by atoms with Gasteiger partial charge in [-0.3, -0.25) is 0 Å². The van der Waals surface area contributed by atoms with Gasteiger partial charge in [-0.05, 0) is 36.4 Å². The summed E-state index contributed by atoms with van der Waals surface area (Å²) < 4.78 is 309. The highest BCUT2D eigenvalue weighted by atomic mass is 79.9. The first kappa shape index (κ1) is 50.3. The zero-order valence-electron chi connectivity index (χ0n) is 32.1.